The van der Waals surface area contributed by atoms with Crippen LogP contribution in [0.5, 0.6) is 0 Å². The quantitative estimate of drug-likeness (QED) is 0.678. The number of carbonyl (C=O) groups excluding carboxylic acids is 1. The van der Waals surface area contributed by atoms with Crippen molar-refractivity contribution < 1.29 is 9.53 Å². The van der Waals surface area contributed by atoms with Gasteiger partial charge < -0.3 is 20.3 Å². The van der Waals surface area contributed by atoms with Crippen LogP contribution in [0.2, 0.25) is 0 Å². The number of ether oxygens (including phenoxy) is 1. The van der Waals surface area contributed by atoms with Gasteiger partial charge in [-0.3, -0.25) is 4.79 Å². The molecule has 106 valence electrons. The van der Waals surface area contributed by atoms with Crippen LogP contribution in [0.3, 0.4) is 0 Å². The van der Waals surface area contributed by atoms with Gasteiger partial charge in [-0.05, 0) is 6.92 Å². The van der Waals surface area contributed by atoms with E-state index in [2.05, 4.69) is 20.6 Å². The lowest BCUT2D eigenvalue weighted by Crippen LogP contribution is -2.31. The first-order chi connectivity index (χ1) is 9.02. The van der Waals surface area contributed by atoms with Crippen LogP contribution >= 0.6 is 0 Å². The zero-order valence-corrected chi connectivity index (χ0v) is 11.9. The molecule has 0 atom stereocenters. The predicted octanol–water partition coefficient (Wildman–Crippen LogP) is 0.0255. The van der Waals surface area contributed by atoms with Crippen molar-refractivity contribution in [3.8, 4) is 0 Å². The number of amides is 1. The largest absolute Gasteiger partial charge is 0.375 e. The topological polar surface area (TPSA) is 79.4 Å². The number of nitrogens with one attached hydrogen (secondary N) is 2. The summed E-state index contributed by atoms with van der Waals surface area (Å²) in [6.07, 6.45) is 0. The fraction of sp³-hybridized carbons (Fsp3) is 0.583. The van der Waals surface area contributed by atoms with Gasteiger partial charge in [-0.1, -0.05) is 0 Å². The van der Waals surface area contributed by atoms with Gasteiger partial charge in [-0.2, -0.15) is 0 Å². The predicted molar refractivity (Wildman–Crippen MR) is 74.5 cm³/mol. The fourth-order valence-corrected chi connectivity index (χ4v) is 1.45. The number of anilines is 2. The number of carbonyl (C=O) groups is 1. The first kappa shape index (κ1) is 15.2. The molecule has 0 aliphatic rings. The van der Waals surface area contributed by atoms with Crippen LogP contribution in [0.4, 0.5) is 11.6 Å². The Morgan fingerprint density at radius 3 is 2.74 bits per heavy atom. The summed E-state index contributed by atoms with van der Waals surface area (Å²) in [7, 11) is 5.34. The Labute approximate surface area is 113 Å². The molecule has 19 heavy (non-hydrogen) atoms. The lowest BCUT2D eigenvalue weighted by atomic mass is 10.4. The highest BCUT2D eigenvalue weighted by Crippen LogP contribution is 2.12. The highest BCUT2D eigenvalue weighted by atomic mass is 16.5. The minimum absolute atomic E-state index is 0.0807. The van der Waals surface area contributed by atoms with Crippen molar-refractivity contribution in [1.29, 1.82) is 0 Å². The van der Waals surface area contributed by atoms with Crippen LogP contribution in [-0.2, 0) is 9.53 Å². The smallest absolute Gasteiger partial charge is 0.246 e. The average Bonchev–Trinajstić information content (AvgIpc) is 2.34. The molecule has 0 fully saturated rings. The summed E-state index contributed by atoms with van der Waals surface area (Å²) in [5.41, 5.74) is 0. The second-order valence-electron chi connectivity index (χ2n) is 4.26. The molecule has 0 aliphatic carbocycles. The van der Waals surface area contributed by atoms with E-state index in [9.17, 15) is 4.79 Å². The number of rotatable bonds is 7. The molecule has 1 aromatic rings. The third-order valence-electron chi connectivity index (χ3n) is 2.31. The second-order valence-corrected chi connectivity index (χ2v) is 4.26. The number of nitrogens with zero attached hydrogens (tertiary/aromatic N) is 3. The minimum Gasteiger partial charge on any atom is -0.375 e. The SMILES string of the molecule is COCC(=O)NCCNc1cc(N(C)C)nc(C)n1. The average molecular weight is 267 g/mol. The van der Waals surface area contributed by atoms with E-state index >= 15 is 0 Å². The van der Waals surface area contributed by atoms with Crippen molar-refractivity contribution in [2.24, 2.45) is 0 Å². The Kier molecular flexibility index (Phi) is 6.01. The lowest BCUT2D eigenvalue weighted by molar-refractivity contribution is -0.124. The van der Waals surface area contributed by atoms with E-state index in [0.717, 1.165) is 11.6 Å². The van der Waals surface area contributed by atoms with Gasteiger partial charge in [-0.25, -0.2) is 9.97 Å². The Morgan fingerprint density at radius 2 is 2.11 bits per heavy atom. The maximum Gasteiger partial charge on any atom is 0.246 e. The molecule has 0 aromatic carbocycles. The maximum atomic E-state index is 11.2. The van der Waals surface area contributed by atoms with Crippen LogP contribution in [0.1, 0.15) is 5.82 Å². The van der Waals surface area contributed by atoms with Gasteiger partial charge in [-0.15, -0.1) is 0 Å². The fourth-order valence-electron chi connectivity index (χ4n) is 1.45. The third kappa shape index (κ3) is 5.52. The van der Waals surface area contributed by atoms with E-state index in [4.69, 9.17) is 4.74 Å². The molecule has 1 aromatic heterocycles. The number of aromatic nitrogens is 2. The van der Waals surface area contributed by atoms with Crippen molar-refractivity contribution >= 4 is 17.5 Å². The zero-order valence-electron chi connectivity index (χ0n) is 11.9. The van der Waals surface area contributed by atoms with Crippen LogP contribution in [0.25, 0.3) is 0 Å². The van der Waals surface area contributed by atoms with Crippen molar-refractivity contribution in [3.05, 3.63) is 11.9 Å². The molecule has 1 heterocycles. The molecule has 0 bridgehead atoms. The van der Waals surface area contributed by atoms with E-state index in [1.165, 1.54) is 7.11 Å². The molecule has 2 N–H and O–H groups in total. The molecule has 0 aliphatic heterocycles. The van der Waals surface area contributed by atoms with Crippen LogP contribution in [-0.4, -0.2) is 56.8 Å². The molecule has 0 spiro atoms. The van der Waals surface area contributed by atoms with E-state index in [1.54, 1.807) is 0 Å². The minimum atomic E-state index is -0.128. The zero-order chi connectivity index (χ0) is 14.3. The van der Waals surface area contributed by atoms with E-state index in [1.807, 2.05) is 32.0 Å². The van der Waals surface area contributed by atoms with Crippen molar-refractivity contribution in [2.75, 3.05) is 51.1 Å². The van der Waals surface area contributed by atoms with E-state index < -0.39 is 0 Å². The standard InChI is InChI=1S/C12H21N5O2/c1-9-15-10(7-11(16-9)17(2)3)13-5-6-14-12(18)8-19-4/h7H,5-6,8H2,1-4H3,(H,14,18)(H,13,15,16). The van der Waals surface area contributed by atoms with E-state index in [0.29, 0.717) is 18.9 Å². The van der Waals surface area contributed by atoms with Crippen LogP contribution in [0, 0.1) is 6.92 Å². The Bertz CT molecular complexity index is 423. The molecule has 1 rings (SSSR count). The normalized spacial score (nSPS) is 10.1. The van der Waals surface area contributed by atoms with Gasteiger partial charge in [0, 0.05) is 40.4 Å². The van der Waals surface area contributed by atoms with Crippen LogP contribution < -0.4 is 15.5 Å². The molecule has 0 radical (unpaired) electrons. The number of methoxy groups -OCH3 is 1. The summed E-state index contributed by atoms with van der Waals surface area (Å²) >= 11 is 0. The van der Waals surface area contributed by atoms with Gasteiger partial charge >= 0.3 is 0 Å². The van der Waals surface area contributed by atoms with Gasteiger partial charge in [0.15, 0.2) is 0 Å². The maximum absolute atomic E-state index is 11.2. The Balaban J connectivity index is 2.43. The van der Waals surface area contributed by atoms with Crippen molar-refractivity contribution in [3.63, 3.8) is 0 Å². The monoisotopic (exact) mass is 267 g/mol. The molecular formula is C12H21N5O2. The summed E-state index contributed by atoms with van der Waals surface area (Å²) in [6.45, 7) is 3.04. The second kappa shape index (κ2) is 7.52. The summed E-state index contributed by atoms with van der Waals surface area (Å²) in [4.78, 5) is 21.7. The van der Waals surface area contributed by atoms with Gasteiger partial charge in [0.05, 0.1) is 0 Å². The Hall–Kier alpha value is -1.89. The number of hydrogen-bond donors (Lipinski definition) is 2. The molecule has 0 saturated carbocycles. The molecule has 0 saturated heterocycles. The van der Waals surface area contributed by atoms with Crippen molar-refractivity contribution in [2.45, 2.75) is 6.92 Å². The molecule has 1 amide bonds. The van der Waals surface area contributed by atoms with Crippen LogP contribution in [0.15, 0.2) is 6.07 Å². The van der Waals surface area contributed by atoms with Gasteiger partial charge in [0.2, 0.25) is 5.91 Å². The highest BCUT2D eigenvalue weighted by Gasteiger charge is 2.03. The molecule has 7 heteroatoms. The summed E-state index contributed by atoms with van der Waals surface area (Å²) in [5.74, 6) is 2.17. The first-order valence-electron chi connectivity index (χ1n) is 6.05. The summed E-state index contributed by atoms with van der Waals surface area (Å²) in [6, 6.07) is 1.87. The highest BCUT2D eigenvalue weighted by molar-refractivity contribution is 5.77. The molecular weight excluding hydrogens is 246 g/mol. The molecule has 7 nitrogen and oxygen atoms in total. The first-order valence-corrected chi connectivity index (χ1v) is 6.05. The van der Waals surface area contributed by atoms with Crippen molar-refractivity contribution in [1.82, 2.24) is 15.3 Å². The summed E-state index contributed by atoms with van der Waals surface area (Å²) in [5, 5.41) is 5.87. The Morgan fingerprint density at radius 1 is 1.37 bits per heavy atom. The lowest BCUT2D eigenvalue weighted by Gasteiger charge is -2.14. The number of aryl methyl sites for hydroxylation is 1. The van der Waals surface area contributed by atoms with Gasteiger partial charge in [0.1, 0.15) is 24.1 Å². The van der Waals surface area contributed by atoms with Gasteiger partial charge in [0.25, 0.3) is 0 Å². The van der Waals surface area contributed by atoms with E-state index in [-0.39, 0.29) is 12.5 Å². The number of hydrogen-bond acceptors (Lipinski definition) is 6. The molecule has 0 unspecified atom stereocenters. The third-order valence-corrected chi connectivity index (χ3v) is 2.31. The summed E-state index contributed by atoms with van der Waals surface area (Å²) < 4.78 is 4.72.